The number of hydrogen-bond acceptors (Lipinski definition) is 9. The molecule has 0 saturated carbocycles. The SMILES string of the molecule is Cc1cc(C)c(Nc2nc(N)nc(NC3CCN(Cc4ccc([N+](=O)[O-])cc4)CC3)n2)c(C)c1. The van der Waals surface area contributed by atoms with Gasteiger partial charge in [-0.25, -0.2) is 0 Å². The van der Waals surface area contributed by atoms with Crippen LogP contribution in [0.25, 0.3) is 0 Å². The van der Waals surface area contributed by atoms with Crippen LogP contribution in [-0.2, 0) is 6.54 Å². The number of nitro benzene ring substituents is 1. The van der Waals surface area contributed by atoms with E-state index in [-0.39, 0.29) is 22.6 Å². The van der Waals surface area contributed by atoms with Crippen LogP contribution in [0, 0.1) is 30.9 Å². The number of nitrogens with zero attached hydrogens (tertiary/aromatic N) is 5. The normalized spacial score (nSPS) is 14.7. The molecule has 4 rings (SSSR count). The second-order valence-corrected chi connectivity index (χ2v) is 8.86. The van der Waals surface area contributed by atoms with E-state index in [0.29, 0.717) is 11.9 Å². The Balaban J connectivity index is 1.35. The Kier molecular flexibility index (Phi) is 6.87. The van der Waals surface area contributed by atoms with Crippen molar-refractivity contribution < 1.29 is 4.92 Å². The molecular weight excluding hydrogens is 432 g/mol. The van der Waals surface area contributed by atoms with E-state index in [1.54, 1.807) is 12.1 Å². The Labute approximate surface area is 198 Å². The van der Waals surface area contributed by atoms with Crippen molar-refractivity contribution in [3.8, 4) is 0 Å². The number of non-ortho nitro benzene ring substituents is 1. The Morgan fingerprint density at radius 3 is 2.26 bits per heavy atom. The van der Waals surface area contributed by atoms with Gasteiger partial charge in [-0.2, -0.15) is 15.0 Å². The number of nitrogens with two attached hydrogens (primary N) is 1. The molecule has 10 nitrogen and oxygen atoms in total. The van der Waals surface area contributed by atoms with Crippen molar-refractivity contribution in [2.24, 2.45) is 0 Å². The molecule has 2 heterocycles. The van der Waals surface area contributed by atoms with Crippen molar-refractivity contribution in [1.29, 1.82) is 0 Å². The minimum atomic E-state index is -0.376. The zero-order chi connectivity index (χ0) is 24.2. The summed E-state index contributed by atoms with van der Waals surface area (Å²) in [6.07, 6.45) is 1.86. The number of aryl methyl sites for hydroxylation is 3. The van der Waals surface area contributed by atoms with E-state index in [2.05, 4.69) is 63.4 Å². The van der Waals surface area contributed by atoms with Crippen LogP contribution in [0.5, 0.6) is 0 Å². The topological polar surface area (TPSA) is 135 Å². The fourth-order valence-electron chi connectivity index (χ4n) is 4.40. The first kappa shape index (κ1) is 23.4. The average Bonchev–Trinajstić information content (AvgIpc) is 2.77. The van der Waals surface area contributed by atoms with E-state index in [9.17, 15) is 10.1 Å². The van der Waals surface area contributed by atoms with Crippen molar-refractivity contribution in [3.05, 3.63) is 68.8 Å². The van der Waals surface area contributed by atoms with E-state index in [0.717, 1.165) is 54.9 Å². The fraction of sp³-hybridized carbons (Fsp3) is 0.375. The van der Waals surface area contributed by atoms with Gasteiger partial charge in [0.15, 0.2) is 0 Å². The van der Waals surface area contributed by atoms with Crippen LogP contribution in [-0.4, -0.2) is 43.9 Å². The van der Waals surface area contributed by atoms with E-state index in [1.807, 2.05) is 12.1 Å². The summed E-state index contributed by atoms with van der Waals surface area (Å²) >= 11 is 0. The maximum absolute atomic E-state index is 10.8. The van der Waals surface area contributed by atoms with Gasteiger partial charge in [0.2, 0.25) is 17.8 Å². The number of rotatable bonds is 7. The molecule has 1 fully saturated rings. The Hall–Kier alpha value is -3.79. The molecule has 1 saturated heterocycles. The Morgan fingerprint density at radius 1 is 1.03 bits per heavy atom. The van der Waals surface area contributed by atoms with Crippen LogP contribution in [0.1, 0.15) is 35.1 Å². The van der Waals surface area contributed by atoms with Gasteiger partial charge in [-0.1, -0.05) is 29.8 Å². The third-order valence-corrected chi connectivity index (χ3v) is 6.04. The van der Waals surface area contributed by atoms with Gasteiger partial charge >= 0.3 is 0 Å². The maximum Gasteiger partial charge on any atom is 0.269 e. The fourth-order valence-corrected chi connectivity index (χ4v) is 4.40. The Morgan fingerprint density at radius 2 is 1.65 bits per heavy atom. The predicted octanol–water partition coefficient (Wildman–Crippen LogP) is 4.11. The number of piperidine rings is 1. The molecule has 0 bridgehead atoms. The summed E-state index contributed by atoms with van der Waals surface area (Å²) in [7, 11) is 0. The summed E-state index contributed by atoms with van der Waals surface area (Å²) in [6, 6.07) is 11.2. The van der Waals surface area contributed by atoms with Crippen molar-refractivity contribution in [3.63, 3.8) is 0 Å². The molecule has 0 atom stereocenters. The number of aromatic nitrogens is 3. The summed E-state index contributed by atoms with van der Waals surface area (Å²) in [6.45, 7) is 8.76. The lowest BCUT2D eigenvalue weighted by Gasteiger charge is -2.32. The molecule has 0 spiro atoms. The van der Waals surface area contributed by atoms with Gasteiger partial charge in [0.25, 0.3) is 5.69 Å². The highest BCUT2D eigenvalue weighted by molar-refractivity contribution is 5.64. The van der Waals surface area contributed by atoms with Crippen LogP contribution < -0.4 is 16.4 Å². The van der Waals surface area contributed by atoms with Crippen molar-refractivity contribution in [1.82, 2.24) is 19.9 Å². The highest BCUT2D eigenvalue weighted by atomic mass is 16.6. The molecule has 0 unspecified atom stereocenters. The largest absolute Gasteiger partial charge is 0.368 e. The first-order chi connectivity index (χ1) is 16.3. The van der Waals surface area contributed by atoms with Crippen LogP contribution in [0.2, 0.25) is 0 Å². The highest BCUT2D eigenvalue weighted by Crippen LogP contribution is 2.25. The van der Waals surface area contributed by atoms with Gasteiger partial charge in [-0.05, 0) is 50.3 Å². The maximum atomic E-state index is 10.8. The number of hydrogen-bond donors (Lipinski definition) is 3. The van der Waals surface area contributed by atoms with E-state index in [4.69, 9.17) is 5.73 Å². The van der Waals surface area contributed by atoms with Gasteiger partial charge in [-0.15, -0.1) is 0 Å². The molecule has 3 aromatic rings. The third kappa shape index (κ3) is 5.76. The first-order valence-corrected chi connectivity index (χ1v) is 11.4. The average molecular weight is 463 g/mol. The molecule has 10 heteroatoms. The number of likely N-dealkylation sites (tertiary alicyclic amines) is 1. The first-order valence-electron chi connectivity index (χ1n) is 11.4. The number of nitrogens with one attached hydrogen (secondary N) is 2. The third-order valence-electron chi connectivity index (χ3n) is 6.04. The quantitative estimate of drug-likeness (QED) is 0.350. The van der Waals surface area contributed by atoms with Crippen LogP contribution in [0.3, 0.4) is 0 Å². The number of nitro groups is 1. The molecule has 0 amide bonds. The van der Waals surface area contributed by atoms with Gasteiger partial charge in [0, 0.05) is 43.5 Å². The summed E-state index contributed by atoms with van der Waals surface area (Å²) in [5.74, 6) is 1.05. The molecular formula is C24H30N8O2. The monoisotopic (exact) mass is 462 g/mol. The number of nitrogen functional groups attached to an aromatic ring is 1. The standard InChI is InChI=1S/C24H30N8O2/c1-15-12-16(2)21(17(3)13-15)27-24-29-22(25)28-23(30-24)26-19-8-10-31(11-9-19)14-18-4-6-20(7-5-18)32(33)34/h4-7,12-13,19H,8-11,14H2,1-3H3,(H4,25,26,27,28,29,30). The second kappa shape index (κ2) is 10.0. The second-order valence-electron chi connectivity index (χ2n) is 8.86. The van der Waals surface area contributed by atoms with Crippen LogP contribution in [0.15, 0.2) is 36.4 Å². The minimum Gasteiger partial charge on any atom is -0.368 e. The lowest BCUT2D eigenvalue weighted by Crippen LogP contribution is -2.39. The summed E-state index contributed by atoms with van der Waals surface area (Å²) in [5, 5.41) is 17.5. The summed E-state index contributed by atoms with van der Waals surface area (Å²) in [5.41, 5.74) is 11.6. The number of anilines is 4. The highest BCUT2D eigenvalue weighted by Gasteiger charge is 2.21. The van der Waals surface area contributed by atoms with Gasteiger partial charge in [-0.3, -0.25) is 15.0 Å². The molecule has 0 aliphatic carbocycles. The van der Waals surface area contributed by atoms with Gasteiger partial charge in [0.05, 0.1) is 4.92 Å². The number of benzene rings is 2. The van der Waals surface area contributed by atoms with E-state index in [1.165, 1.54) is 5.56 Å². The predicted molar refractivity (Wildman–Crippen MR) is 133 cm³/mol. The smallest absolute Gasteiger partial charge is 0.269 e. The lowest BCUT2D eigenvalue weighted by molar-refractivity contribution is -0.384. The van der Waals surface area contributed by atoms with E-state index < -0.39 is 0 Å². The zero-order valence-electron chi connectivity index (χ0n) is 19.7. The Bertz CT molecular complexity index is 1150. The molecule has 4 N–H and O–H groups in total. The van der Waals surface area contributed by atoms with Gasteiger partial charge in [0.1, 0.15) is 0 Å². The van der Waals surface area contributed by atoms with Crippen molar-refractivity contribution >= 4 is 29.2 Å². The molecule has 1 aliphatic rings. The lowest BCUT2D eigenvalue weighted by atomic mass is 10.0. The van der Waals surface area contributed by atoms with Gasteiger partial charge < -0.3 is 16.4 Å². The molecule has 1 aliphatic heterocycles. The van der Waals surface area contributed by atoms with Crippen LogP contribution in [0.4, 0.5) is 29.2 Å². The summed E-state index contributed by atoms with van der Waals surface area (Å²) in [4.78, 5) is 25.9. The molecule has 2 aromatic carbocycles. The molecule has 34 heavy (non-hydrogen) atoms. The van der Waals surface area contributed by atoms with Crippen LogP contribution >= 0.6 is 0 Å². The molecule has 178 valence electrons. The van der Waals surface area contributed by atoms with Crippen molar-refractivity contribution in [2.45, 2.75) is 46.2 Å². The minimum absolute atomic E-state index is 0.116. The molecule has 0 radical (unpaired) electrons. The molecule has 1 aromatic heterocycles. The van der Waals surface area contributed by atoms with E-state index >= 15 is 0 Å². The van der Waals surface area contributed by atoms with Crippen molar-refractivity contribution in [2.75, 3.05) is 29.5 Å². The zero-order valence-corrected chi connectivity index (χ0v) is 19.7. The summed E-state index contributed by atoms with van der Waals surface area (Å²) < 4.78 is 0.